The number of hydrogen-bond donors (Lipinski definition) is 0. The molecule has 0 aliphatic carbocycles. The predicted molar refractivity (Wildman–Crippen MR) is 95.7 cm³/mol. The molecule has 2 aliphatic rings. The lowest BCUT2D eigenvalue weighted by molar-refractivity contribution is 0.0691. The summed E-state index contributed by atoms with van der Waals surface area (Å²) in [5, 5.41) is 0. The highest BCUT2D eigenvalue weighted by atomic mass is 16.2. The van der Waals surface area contributed by atoms with Gasteiger partial charge in [0, 0.05) is 25.3 Å². The molecule has 0 spiro atoms. The molecule has 3 heterocycles. The van der Waals surface area contributed by atoms with Gasteiger partial charge >= 0.3 is 0 Å². The van der Waals surface area contributed by atoms with E-state index in [9.17, 15) is 4.79 Å². The summed E-state index contributed by atoms with van der Waals surface area (Å²) in [5.41, 5.74) is 3.12. The Hall–Kier alpha value is -2.36. The van der Waals surface area contributed by atoms with Crippen LogP contribution in [0.1, 0.15) is 35.8 Å². The zero-order valence-corrected chi connectivity index (χ0v) is 14.1. The van der Waals surface area contributed by atoms with Gasteiger partial charge in [-0.3, -0.25) is 4.79 Å². The number of para-hydroxylation sites is 1. The second-order valence-electron chi connectivity index (χ2n) is 6.89. The van der Waals surface area contributed by atoms with Gasteiger partial charge in [-0.25, -0.2) is 4.98 Å². The van der Waals surface area contributed by atoms with Gasteiger partial charge in [0.15, 0.2) is 0 Å². The second kappa shape index (κ2) is 6.27. The maximum Gasteiger partial charge on any atom is 0.272 e. The van der Waals surface area contributed by atoms with Crippen molar-refractivity contribution < 1.29 is 4.79 Å². The number of piperidine rings is 1. The molecule has 4 rings (SSSR count). The van der Waals surface area contributed by atoms with Crippen molar-refractivity contribution in [1.29, 1.82) is 0 Å². The van der Waals surface area contributed by atoms with Crippen LogP contribution in [0.3, 0.4) is 0 Å². The number of nitrogens with zero attached hydrogens (tertiary/aromatic N) is 3. The van der Waals surface area contributed by atoms with Crippen molar-refractivity contribution in [2.75, 3.05) is 24.5 Å². The number of carbonyl (C=O) groups is 1. The van der Waals surface area contributed by atoms with Crippen LogP contribution in [0.25, 0.3) is 0 Å². The molecule has 2 aromatic rings. The van der Waals surface area contributed by atoms with E-state index in [0.717, 1.165) is 50.6 Å². The van der Waals surface area contributed by atoms with E-state index in [1.165, 1.54) is 11.3 Å². The van der Waals surface area contributed by atoms with Crippen LogP contribution in [0.4, 0.5) is 11.5 Å². The summed E-state index contributed by atoms with van der Waals surface area (Å²) in [6.45, 7) is 4.87. The zero-order valence-electron chi connectivity index (χ0n) is 14.1. The highest BCUT2D eigenvalue weighted by Crippen LogP contribution is 2.33. The number of aromatic nitrogens is 1. The molecule has 0 atom stereocenters. The second-order valence-corrected chi connectivity index (χ2v) is 6.89. The highest BCUT2D eigenvalue weighted by Gasteiger charge is 2.24. The molecule has 1 amide bonds. The van der Waals surface area contributed by atoms with E-state index in [1.807, 2.05) is 23.1 Å². The van der Waals surface area contributed by atoms with Crippen LogP contribution in [0.2, 0.25) is 0 Å². The standard InChI is InChI=1S/C20H23N3O/c1-15-9-12-22(13-10-15)20(24)17-6-4-8-19(21-17)23-14-11-16-5-2-3-7-18(16)23/h2-8,15H,9-14H2,1H3. The van der Waals surface area contributed by atoms with Gasteiger partial charge in [0.05, 0.1) is 0 Å². The molecular weight excluding hydrogens is 298 g/mol. The van der Waals surface area contributed by atoms with Crippen LogP contribution in [-0.2, 0) is 6.42 Å². The Morgan fingerprint density at radius 3 is 2.67 bits per heavy atom. The Morgan fingerprint density at radius 1 is 1.04 bits per heavy atom. The van der Waals surface area contributed by atoms with Crippen molar-refractivity contribution in [2.24, 2.45) is 5.92 Å². The molecule has 4 nitrogen and oxygen atoms in total. The molecule has 0 radical (unpaired) electrons. The Bertz CT molecular complexity index is 750. The smallest absolute Gasteiger partial charge is 0.272 e. The SMILES string of the molecule is CC1CCN(C(=O)c2cccc(N3CCc4ccccc43)n2)CC1. The van der Waals surface area contributed by atoms with E-state index in [-0.39, 0.29) is 5.91 Å². The Balaban J connectivity index is 1.57. The molecule has 2 aliphatic heterocycles. The summed E-state index contributed by atoms with van der Waals surface area (Å²) in [4.78, 5) is 21.6. The maximum absolute atomic E-state index is 12.8. The molecule has 1 aromatic heterocycles. The summed E-state index contributed by atoms with van der Waals surface area (Å²) < 4.78 is 0. The third-order valence-corrected chi connectivity index (χ3v) is 5.19. The minimum absolute atomic E-state index is 0.0660. The third kappa shape index (κ3) is 2.77. The molecular formula is C20H23N3O. The van der Waals surface area contributed by atoms with Gasteiger partial charge in [-0.1, -0.05) is 31.2 Å². The van der Waals surface area contributed by atoms with E-state index >= 15 is 0 Å². The van der Waals surface area contributed by atoms with Crippen molar-refractivity contribution in [1.82, 2.24) is 9.88 Å². The number of amides is 1. The molecule has 1 aromatic carbocycles. The fraction of sp³-hybridized carbons (Fsp3) is 0.400. The predicted octanol–water partition coefficient (Wildman–Crippen LogP) is 3.65. The van der Waals surface area contributed by atoms with Crippen molar-refractivity contribution in [3.05, 3.63) is 53.7 Å². The van der Waals surface area contributed by atoms with E-state index in [2.05, 4.69) is 41.1 Å². The number of rotatable bonds is 2. The number of fused-ring (bicyclic) bond motifs is 1. The topological polar surface area (TPSA) is 36.4 Å². The minimum Gasteiger partial charge on any atom is -0.337 e. The van der Waals surface area contributed by atoms with Crippen LogP contribution < -0.4 is 4.90 Å². The molecule has 1 saturated heterocycles. The van der Waals surface area contributed by atoms with Crippen LogP contribution >= 0.6 is 0 Å². The molecule has 0 bridgehead atoms. The van der Waals surface area contributed by atoms with Crippen LogP contribution in [0.15, 0.2) is 42.5 Å². The third-order valence-electron chi connectivity index (χ3n) is 5.19. The van der Waals surface area contributed by atoms with Gasteiger partial charge in [0.2, 0.25) is 0 Å². The van der Waals surface area contributed by atoms with E-state index < -0.39 is 0 Å². The van der Waals surface area contributed by atoms with Gasteiger partial charge in [0.1, 0.15) is 11.5 Å². The van der Waals surface area contributed by atoms with Gasteiger partial charge < -0.3 is 9.80 Å². The monoisotopic (exact) mass is 321 g/mol. The number of anilines is 2. The van der Waals surface area contributed by atoms with Crippen molar-refractivity contribution in [3.63, 3.8) is 0 Å². The normalized spacial score (nSPS) is 17.9. The fourth-order valence-corrected chi connectivity index (χ4v) is 3.64. The van der Waals surface area contributed by atoms with Gasteiger partial charge in [-0.2, -0.15) is 0 Å². The van der Waals surface area contributed by atoms with Crippen LogP contribution in [0.5, 0.6) is 0 Å². The lowest BCUT2D eigenvalue weighted by Crippen LogP contribution is -2.38. The summed E-state index contributed by atoms with van der Waals surface area (Å²) in [5.74, 6) is 1.65. The number of likely N-dealkylation sites (tertiary alicyclic amines) is 1. The Labute approximate surface area is 143 Å². The number of carbonyl (C=O) groups excluding carboxylic acids is 1. The molecule has 124 valence electrons. The van der Waals surface area contributed by atoms with E-state index in [1.54, 1.807) is 0 Å². The first-order chi connectivity index (χ1) is 11.7. The largest absolute Gasteiger partial charge is 0.337 e. The Kier molecular flexibility index (Phi) is 3.97. The first-order valence-corrected chi connectivity index (χ1v) is 8.84. The lowest BCUT2D eigenvalue weighted by Gasteiger charge is -2.30. The first-order valence-electron chi connectivity index (χ1n) is 8.84. The fourth-order valence-electron chi connectivity index (χ4n) is 3.64. The lowest BCUT2D eigenvalue weighted by atomic mass is 9.99. The van der Waals surface area contributed by atoms with Crippen LogP contribution in [-0.4, -0.2) is 35.4 Å². The molecule has 0 unspecified atom stereocenters. The van der Waals surface area contributed by atoms with Gasteiger partial charge in [0.25, 0.3) is 5.91 Å². The minimum atomic E-state index is 0.0660. The number of pyridine rings is 1. The van der Waals surface area contributed by atoms with E-state index in [0.29, 0.717) is 5.69 Å². The van der Waals surface area contributed by atoms with Crippen molar-refractivity contribution in [2.45, 2.75) is 26.2 Å². The molecule has 0 N–H and O–H groups in total. The summed E-state index contributed by atoms with van der Waals surface area (Å²) in [6.07, 6.45) is 3.20. The highest BCUT2D eigenvalue weighted by molar-refractivity contribution is 5.93. The number of hydrogen-bond acceptors (Lipinski definition) is 3. The average Bonchev–Trinajstić information content (AvgIpc) is 3.06. The summed E-state index contributed by atoms with van der Waals surface area (Å²) in [7, 11) is 0. The Morgan fingerprint density at radius 2 is 1.83 bits per heavy atom. The quantitative estimate of drug-likeness (QED) is 0.847. The summed E-state index contributed by atoms with van der Waals surface area (Å²) in [6, 6.07) is 14.2. The molecule has 4 heteroatoms. The van der Waals surface area contributed by atoms with E-state index in [4.69, 9.17) is 0 Å². The van der Waals surface area contributed by atoms with Crippen molar-refractivity contribution in [3.8, 4) is 0 Å². The summed E-state index contributed by atoms with van der Waals surface area (Å²) >= 11 is 0. The maximum atomic E-state index is 12.8. The van der Waals surface area contributed by atoms with Gasteiger partial charge in [-0.15, -0.1) is 0 Å². The van der Waals surface area contributed by atoms with Gasteiger partial charge in [-0.05, 0) is 48.9 Å². The first kappa shape index (κ1) is 15.2. The molecule has 0 saturated carbocycles. The zero-order chi connectivity index (χ0) is 16.5. The van der Waals surface area contributed by atoms with Crippen LogP contribution in [0, 0.1) is 5.92 Å². The molecule has 1 fully saturated rings. The van der Waals surface area contributed by atoms with Crippen molar-refractivity contribution >= 4 is 17.4 Å². The number of benzene rings is 1. The average molecular weight is 321 g/mol. The molecule has 24 heavy (non-hydrogen) atoms.